The van der Waals surface area contributed by atoms with Gasteiger partial charge in [0.25, 0.3) is 0 Å². The van der Waals surface area contributed by atoms with Crippen LogP contribution in [0.4, 0.5) is 5.69 Å². The van der Waals surface area contributed by atoms with Crippen LogP contribution < -0.4 is 11.1 Å². The van der Waals surface area contributed by atoms with E-state index >= 15 is 0 Å². The van der Waals surface area contributed by atoms with Gasteiger partial charge < -0.3 is 11.1 Å². The molecule has 1 aromatic carbocycles. The van der Waals surface area contributed by atoms with Gasteiger partial charge in [0.2, 0.25) is 0 Å². The third kappa shape index (κ3) is 1.62. The highest BCUT2D eigenvalue weighted by Crippen LogP contribution is 2.30. The van der Waals surface area contributed by atoms with E-state index in [1.807, 2.05) is 0 Å². The van der Waals surface area contributed by atoms with Gasteiger partial charge in [-0.25, -0.2) is 0 Å². The normalized spacial score (nSPS) is 21.4. The number of nitrogen functional groups attached to an aromatic ring is 1. The smallest absolute Gasteiger partial charge is 0.0392 e. The number of hydrogen-bond donors (Lipinski definition) is 2. The summed E-state index contributed by atoms with van der Waals surface area (Å²) in [6.07, 6.45) is 2.48. The summed E-state index contributed by atoms with van der Waals surface area (Å²) in [5, 5.41) is 3.49. The first kappa shape index (κ1) is 9.53. The Balaban J connectivity index is 2.40. The fourth-order valence-corrected chi connectivity index (χ4v) is 2.25. The molecule has 1 aliphatic heterocycles. The highest BCUT2D eigenvalue weighted by molar-refractivity contribution is 5.56. The summed E-state index contributed by atoms with van der Waals surface area (Å²) >= 11 is 0. The summed E-state index contributed by atoms with van der Waals surface area (Å²) < 4.78 is 0. The maximum Gasteiger partial charge on any atom is 0.0392 e. The maximum absolute atomic E-state index is 6.09. The molecule has 2 rings (SSSR count). The quantitative estimate of drug-likeness (QED) is 0.667. The van der Waals surface area contributed by atoms with Gasteiger partial charge in [-0.1, -0.05) is 17.7 Å². The topological polar surface area (TPSA) is 38.0 Å². The van der Waals surface area contributed by atoms with Crippen LogP contribution in [0.15, 0.2) is 12.1 Å². The van der Waals surface area contributed by atoms with Crippen molar-refractivity contribution in [1.29, 1.82) is 0 Å². The van der Waals surface area contributed by atoms with Crippen molar-refractivity contribution >= 4 is 5.69 Å². The van der Waals surface area contributed by atoms with E-state index in [1.165, 1.54) is 29.5 Å². The summed E-state index contributed by atoms with van der Waals surface area (Å²) in [7, 11) is 0. The molecule has 0 aliphatic carbocycles. The SMILES string of the molecule is Cc1cc(C)c(N)c([C@@H]2CCCN2)c1. The molecule has 0 saturated carbocycles. The van der Waals surface area contributed by atoms with Crippen molar-refractivity contribution in [2.75, 3.05) is 12.3 Å². The molecule has 1 aliphatic rings. The van der Waals surface area contributed by atoms with Crippen molar-refractivity contribution in [3.63, 3.8) is 0 Å². The highest BCUT2D eigenvalue weighted by Gasteiger charge is 2.19. The van der Waals surface area contributed by atoms with Gasteiger partial charge in [0.05, 0.1) is 0 Å². The highest BCUT2D eigenvalue weighted by atomic mass is 14.9. The molecular weight excluding hydrogens is 172 g/mol. The van der Waals surface area contributed by atoms with E-state index in [-0.39, 0.29) is 0 Å². The Labute approximate surface area is 85.5 Å². The van der Waals surface area contributed by atoms with Crippen molar-refractivity contribution in [1.82, 2.24) is 5.32 Å². The van der Waals surface area contributed by atoms with E-state index in [1.54, 1.807) is 0 Å². The molecule has 1 saturated heterocycles. The van der Waals surface area contributed by atoms with Crippen LogP contribution in [-0.4, -0.2) is 6.54 Å². The van der Waals surface area contributed by atoms with Crippen molar-refractivity contribution in [2.24, 2.45) is 0 Å². The standard InChI is InChI=1S/C12H18N2/c1-8-6-9(2)12(13)10(7-8)11-4-3-5-14-11/h6-7,11,14H,3-5,13H2,1-2H3/t11-/m0/s1. The van der Waals surface area contributed by atoms with Crippen LogP contribution in [0.1, 0.15) is 35.6 Å². The lowest BCUT2D eigenvalue weighted by atomic mass is 9.98. The van der Waals surface area contributed by atoms with Crippen LogP contribution in [0.2, 0.25) is 0 Å². The number of anilines is 1. The fourth-order valence-electron chi connectivity index (χ4n) is 2.25. The van der Waals surface area contributed by atoms with Crippen LogP contribution >= 0.6 is 0 Å². The third-order valence-electron chi connectivity index (χ3n) is 3.00. The summed E-state index contributed by atoms with van der Waals surface area (Å²) in [4.78, 5) is 0. The molecule has 1 aromatic rings. The van der Waals surface area contributed by atoms with Crippen LogP contribution in [0.3, 0.4) is 0 Å². The third-order valence-corrected chi connectivity index (χ3v) is 3.00. The molecule has 76 valence electrons. The summed E-state index contributed by atoms with van der Waals surface area (Å²) in [5.74, 6) is 0. The van der Waals surface area contributed by atoms with E-state index in [4.69, 9.17) is 5.73 Å². The fraction of sp³-hybridized carbons (Fsp3) is 0.500. The van der Waals surface area contributed by atoms with Gasteiger partial charge in [0.15, 0.2) is 0 Å². The zero-order valence-electron chi connectivity index (χ0n) is 8.93. The molecule has 0 radical (unpaired) electrons. The molecule has 3 N–H and O–H groups in total. The number of aryl methyl sites for hydroxylation is 2. The van der Waals surface area contributed by atoms with Crippen molar-refractivity contribution < 1.29 is 0 Å². The number of nitrogens with two attached hydrogens (primary N) is 1. The molecule has 2 nitrogen and oxygen atoms in total. The zero-order chi connectivity index (χ0) is 10.1. The van der Waals surface area contributed by atoms with E-state index in [0.717, 1.165) is 12.2 Å². The Hall–Kier alpha value is -1.02. The number of nitrogens with one attached hydrogen (secondary N) is 1. The Morgan fingerprint density at radius 1 is 1.36 bits per heavy atom. The molecule has 0 bridgehead atoms. The Kier molecular flexibility index (Phi) is 2.46. The molecule has 1 fully saturated rings. The van der Waals surface area contributed by atoms with Crippen LogP contribution in [0.5, 0.6) is 0 Å². The lowest BCUT2D eigenvalue weighted by Gasteiger charge is -2.16. The monoisotopic (exact) mass is 190 g/mol. The predicted octanol–water partition coefficient (Wildman–Crippen LogP) is 2.31. The minimum atomic E-state index is 0.480. The zero-order valence-corrected chi connectivity index (χ0v) is 8.93. The van der Waals surface area contributed by atoms with Gasteiger partial charge in [0.1, 0.15) is 0 Å². The first-order valence-electron chi connectivity index (χ1n) is 5.28. The second kappa shape index (κ2) is 3.62. The first-order chi connectivity index (χ1) is 6.68. The lowest BCUT2D eigenvalue weighted by Crippen LogP contribution is -2.15. The first-order valence-corrected chi connectivity index (χ1v) is 5.28. The molecule has 1 heterocycles. The van der Waals surface area contributed by atoms with Gasteiger partial charge >= 0.3 is 0 Å². The molecule has 14 heavy (non-hydrogen) atoms. The van der Waals surface area contributed by atoms with E-state index in [9.17, 15) is 0 Å². The maximum atomic E-state index is 6.09. The second-order valence-corrected chi connectivity index (χ2v) is 4.23. The Morgan fingerprint density at radius 3 is 2.79 bits per heavy atom. The molecule has 0 unspecified atom stereocenters. The molecule has 0 aromatic heterocycles. The molecule has 1 atom stereocenters. The molecule has 0 spiro atoms. The Bertz CT molecular complexity index is 338. The van der Waals surface area contributed by atoms with E-state index < -0.39 is 0 Å². The van der Waals surface area contributed by atoms with E-state index in [0.29, 0.717) is 6.04 Å². The average Bonchev–Trinajstić information content (AvgIpc) is 2.63. The molecular formula is C12H18N2. The van der Waals surface area contributed by atoms with Crippen LogP contribution in [0, 0.1) is 13.8 Å². The number of hydrogen-bond acceptors (Lipinski definition) is 2. The van der Waals surface area contributed by atoms with Gasteiger partial charge in [-0.3, -0.25) is 0 Å². The van der Waals surface area contributed by atoms with Gasteiger partial charge in [-0.15, -0.1) is 0 Å². The predicted molar refractivity (Wildman–Crippen MR) is 60.3 cm³/mol. The lowest BCUT2D eigenvalue weighted by molar-refractivity contribution is 0.649. The minimum absolute atomic E-state index is 0.480. The summed E-state index contributed by atoms with van der Waals surface area (Å²) in [6, 6.07) is 4.84. The summed E-state index contributed by atoms with van der Waals surface area (Å²) in [5.41, 5.74) is 10.9. The molecule has 0 amide bonds. The molecule has 2 heteroatoms. The number of rotatable bonds is 1. The van der Waals surface area contributed by atoms with Crippen molar-refractivity contribution in [3.8, 4) is 0 Å². The van der Waals surface area contributed by atoms with Gasteiger partial charge in [-0.05, 0) is 44.4 Å². The van der Waals surface area contributed by atoms with Crippen LogP contribution in [-0.2, 0) is 0 Å². The Morgan fingerprint density at radius 2 is 2.14 bits per heavy atom. The largest absolute Gasteiger partial charge is 0.398 e. The van der Waals surface area contributed by atoms with Crippen molar-refractivity contribution in [3.05, 3.63) is 28.8 Å². The van der Waals surface area contributed by atoms with Crippen LogP contribution in [0.25, 0.3) is 0 Å². The average molecular weight is 190 g/mol. The summed E-state index contributed by atoms with van der Waals surface area (Å²) in [6.45, 7) is 5.34. The van der Waals surface area contributed by atoms with Crippen molar-refractivity contribution in [2.45, 2.75) is 32.7 Å². The number of benzene rings is 1. The second-order valence-electron chi connectivity index (χ2n) is 4.23. The van der Waals surface area contributed by atoms with E-state index in [2.05, 4.69) is 31.3 Å². The van der Waals surface area contributed by atoms with Gasteiger partial charge in [0, 0.05) is 11.7 Å². The minimum Gasteiger partial charge on any atom is -0.398 e. The van der Waals surface area contributed by atoms with Gasteiger partial charge in [-0.2, -0.15) is 0 Å².